The van der Waals surface area contributed by atoms with Gasteiger partial charge in [-0.15, -0.1) is 0 Å². The first-order valence-electron chi connectivity index (χ1n) is 9.51. The van der Waals surface area contributed by atoms with E-state index in [1.807, 2.05) is 6.07 Å². The number of aliphatic hydroxyl groups excluding tert-OH is 1. The van der Waals surface area contributed by atoms with E-state index < -0.39 is 17.7 Å². The van der Waals surface area contributed by atoms with Gasteiger partial charge in [0.05, 0.1) is 6.04 Å². The zero-order chi connectivity index (χ0) is 20.1. The number of hydrogen-bond donors (Lipinski definition) is 2. The highest BCUT2D eigenvalue weighted by atomic mass is 19.1. The number of hydrogen-bond acceptors (Lipinski definition) is 6. The SMILES string of the molecule is CN(C)C(CNc1cc(N2CCCC(CO)C2)ncn1)c1c(F)cccc1F. The predicted molar refractivity (Wildman–Crippen MR) is 105 cm³/mol. The van der Waals surface area contributed by atoms with E-state index >= 15 is 0 Å². The largest absolute Gasteiger partial charge is 0.396 e. The van der Waals surface area contributed by atoms with Gasteiger partial charge in [0.1, 0.15) is 29.6 Å². The Kier molecular flexibility index (Phi) is 6.74. The van der Waals surface area contributed by atoms with Crippen LogP contribution in [0, 0.1) is 17.6 Å². The first-order valence-corrected chi connectivity index (χ1v) is 9.51. The summed E-state index contributed by atoms with van der Waals surface area (Å²) in [6.07, 6.45) is 3.50. The molecular weight excluding hydrogens is 364 g/mol. The van der Waals surface area contributed by atoms with Crippen LogP contribution in [0.1, 0.15) is 24.4 Å². The summed E-state index contributed by atoms with van der Waals surface area (Å²) in [5, 5.41) is 12.6. The second kappa shape index (κ2) is 9.25. The second-order valence-corrected chi connectivity index (χ2v) is 7.39. The molecule has 152 valence electrons. The zero-order valence-corrected chi connectivity index (χ0v) is 16.3. The van der Waals surface area contributed by atoms with Crippen LogP contribution in [0.2, 0.25) is 0 Å². The molecule has 2 unspecified atom stereocenters. The third-order valence-electron chi connectivity index (χ3n) is 5.19. The standard InChI is InChI=1S/C20H27F2N5O/c1-26(2)17(20-15(21)6-3-7-16(20)22)10-23-18-9-19(25-13-24-18)27-8-4-5-14(11-27)12-28/h3,6-7,9,13-14,17,28H,4-5,8,10-12H2,1-2H3,(H,23,24,25). The van der Waals surface area contributed by atoms with Gasteiger partial charge in [0, 0.05) is 37.9 Å². The molecular formula is C20H27F2N5O. The molecule has 2 aromatic rings. The molecule has 28 heavy (non-hydrogen) atoms. The Balaban J connectivity index is 1.73. The third kappa shape index (κ3) is 4.74. The Morgan fingerprint density at radius 2 is 2.04 bits per heavy atom. The maximum atomic E-state index is 14.2. The number of anilines is 2. The van der Waals surface area contributed by atoms with Crippen molar-refractivity contribution < 1.29 is 13.9 Å². The quantitative estimate of drug-likeness (QED) is 0.757. The molecule has 0 saturated carbocycles. The number of nitrogens with one attached hydrogen (secondary N) is 1. The Morgan fingerprint density at radius 3 is 2.71 bits per heavy atom. The molecule has 6 nitrogen and oxygen atoms in total. The van der Waals surface area contributed by atoms with E-state index in [-0.39, 0.29) is 18.1 Å². The van der Waals surface area contributed by atoms with Gasteiger partial charge in [-0.3, -0.25) is 0 Å². The summed E-state index contributed by atoms with van der Waals surface area (Å²) < 4.78 is 28.4. The average molecular weight is 391 g/mol. The second-order valence-electron chi connectivity index (χ2n) is 7.39. The van der Waals surface area contributed by atoms with Gasteiger partial charge in [0.15, 0.2) is 0 Å². The van der Waals surface area contributed by atoms with Crippen molar-refractivity contribution in [2.45, 2.75) is 18.9 Å². The van der Waals surface area contributed by atoms with Crippen LogP contribution in [0.15, 0.2) is 30.6 Å². The van der Waals surface area contributed by atoms with Crippen LogP contribution in [-0.2, 0) is 0 Å². The molecule has 0 aliphatic carbocycles. The zero-order valence-electron chi connectivity index (χ0n) is 16.3. The van der Waals surface area contributed by atoms with Crippen LogP contribution in [0.4, 0.5) is 20.4 Å². The lowest BCUT2D eigenvalue weighted by atomic mass is 9.99. The number of halogens is 2. The van der Waals surface area contributed by atoms with Crippen molar-refractivity contribution in [1.82, 2.24) is 14.9 Å². The number of aromatic nitrogens is 2. The lowest BCUT2D eigenvalue weighted by Gasteiger charge is -2.32. The molecule has 0 amide bonds. The highest BCUT2D eigenvalue weighted by molar-refractivity contribution is 5.49. The summed E-state index contributed by atoms with van der Waals surface area (Å²) in [4.78, 5) is 12.5. The molecule has 1 saturated heterocycles. The average Bonchev–Trinajstić information content (AvgIpc) is 2.70. The molecule has 1 fully saturated rings. The van der Waals surface area contributed by atoms with E-state index in [4.69, 9.17) is 0 Å². The van der Waals surface area contributed by atoms with E-state index in [0.29, 0.717) is 12.4 Å². The number of piperidine rings is 1. The van der Waals surface area contributed by atoms with Gasteiger partial charge < -0.3 is 20.2 Å². The minimum Gasteiger partial charge on any atom is -0.396 e. The van der Waals surface area contributed by atoms with Crippen molar-refractivity contribution in [1.29, 1.82) is 0 Å². The van der Waals surface area contributed by atoms with Crippen molar-refractivity contribution in [3.05, 3.63) is 47.8 Å². The molecule has 2 N–H and O–H groups in total. The van der Waals surface area contributed by atoms with Gasteiger partial charge in [-0.2, -0.15) is 0 Å². The van der Waals surface area contributed by atoms with Gasteiger partial charge in [0.2, 0.25) is 0 Å². The monoisotopic (exact) mass is 391 g/mol. The minimum atomic E-state index is -0.563. The van der Waals surface area contributed by atoms with Crippen LogP contribution in [0.5, 0.6) is 0 Å². The molecule has 0 radical (unpaired) electrons. The van der Waals surface area contributed by atoms with E-state index in [9.17, 15) is 13.9 Å². The Morgan fingerprint density at radius 1 is 1.29 bits per heavy atom. The Labute approximate surface area is 164 Å². The smallest absolute Gasteiger partial charge is 0.134 e. The van der Waals surface area contributed by atoms with Gasteiger partial charge in [-0.1, -0.05) is 6.07 Å². The number of likely N-dealkylation sites (N-methyl/N-ethyl adjacent to an activating group) is 1. The van der Waals surface area contributed by atoms with Crippen LogP contribution in [0.3, 0.4) is 0 Å². The highest BCUT2D eigenvalue weighted by Crippen LogP contribution is 2.26. The summed E-state index contributed by atoms with van der Waals surface area (Å²) in [5.74, 6) is 0.510. The number of benzene rings is 1. The van der Waals surface area contributed by atoms with Crippen molar-refractivity contribution >= 4 is 11.6 Å². The molecule has 2 atom stereocenters. The summed E-state index contributed by atoms with van der Waals surface area (Å²) in [6, 6.07) is 5.25. The van der Waals surface area contributed by atoms with Gasteiger partial charge >= 0.3 is 0 Å². The molecule has 1 aromatic carbocycles. The topological polar surface area (TPSA) is 64.5 Å². The predicted octanol–water partition coefficient (Wildman–Crippen LogP) is 2.68. The maximum absolute atomic E-state index is 14.2. The van der Waals surface area contributed by atoms with Crippen LogP contribution in [0.25, 0.3) is 0 Å². The number of aliphatic hydroxyl groups is 1. The molecule has 0 bridgehead atoms. The third-order valence-corrected chi connectivity index (χ3v) is 5.19. The number of rotatable bonds is 7. The van der Waals surface area contributed by atoms with Crippen LogP contribution < -0.4 is 10.2 Å². The van der Waals surface area contributed by atoms with Gasteiger partial charge in [0.25, 0.3) is 0 Å². The molecule has 1 aromatic heterocycles. The molecule has 1 aliphatic rings. The van der Waals surface area contributed by atoms with Gasteiger partial charge in [-0.25, -0.2) is 18.7 Å². The molecule has 3 rings (SSSR count). The van der Waals surface area contributed by atoms with E-state index in [0.717, 1.165) is 31.7 Å². The Hall–Kier alpha value is -2.32. The fourth-order valence-electron chi connectivity index (χ4n) is 3.61. The first-order chi connectivity index (χ1) is 13.5. The van der Waals surface area contributed by atoms with Gasteiger partial charge in [-0.05, 0) is 45.0 Å². The van der Waals surface area contributed by atoms with Crippen LogP contribution >= 0.6 is 0 Å². The fourth-order valence-corrected chi connectivity index (χ4v) is 3.61. The number of nitrogens with zero attached hydrogens (tertiary/aromatic N) is 4. The molecule has 8 heteroatoms. The highest BCUT2D eigenvalue weighted by Gasteiger charge is 2.23. The normalized spacial score (nSPS) is 18.4. The lowest BCUT2D eigenvalue weighted by Crippen LogP contribution is -2.37. The van der Waals surface area contributed by atoms with Crippen molar-refractivity contribution in [2.75, 3.05) is 50.6 Å². The van der Waals surface area contributed by atoms with Crippen molar-refractivity contribution in [3.63, 3.8) is 0 Å². The minimum absolute atomic E-state index is 0.0381. The van der Waals surface area contributed by atoms with Crippen LogP contribution in [-0.4, -0.2) is 60.3 Å². The Bertz CT molecular complexity index is 769. The summed E-state index contributed by atoms with van der Waals surface area (Å²) in [7, 11) is 3.57. The summed E-state index contributed by atoms with van der Waals surface area (Å²) in [5.41, 5.74) is 0.0381. The fraction of sp³-hybridized carbons (Fsp3) is 0.500. The summed E-state index contributed by atoms with van der Waals surface area (Å²) in [6.45, 7) is 2.10. The maximum Gasteiger partial charge on any atom is 0.134 e. The van der Waals surface area contributed by atoms with E-state index in [1.54, 1.807) is 19.0 Å². The first kappa shape index (κ1) is 20.4. The molecule has 0 spiro atoms. The van der Waals surface area contributed by atoms with Crippen molar-refractivity contribution in [3.8, 4) is 0 Å². The van der Waals surface area contributed by atoms with Crippen molar-refractivity contribution in [2.24, 2.45) is 5.92 Å². The van der Waals surface area contributed by atoms with E-state index in [1.165, 1.54) is 24.5 Å². The lowest BCUT2D eigenvalue weighted by molar-refractivity contribution is 0.208. The molecule has 1 aliphatic heterocycles. The summed E-state index contributed by atoms with van der Waals surface area (Å²) >= 11 is 0. The molecule has 2 heterocycles. The van der Waals surface area contributed by atoms with E-state index in [2.05, 4.69) is 20.2 Å².